The molecule has 0 aromatic heterocycles. The molecule has 4 heteroatoms. The molecule has 4 nitrogen and oxygen atoms in total. The van der Waals surface area contributed by atoms with Crippen molar-refractivity contribution in [1.29, 1.82) is 0 Å². The van der Waals surface area contributed by atoms with E-state index >= 15 is 0 Å². The van der Waals surface area contributed by atoms with Crippen molar-refractivity contribution < 1.29 is 9.53 Å². The number of nitrogens with zero attached hydrogens (tertiary/aromatic N) is 1. The summed E-state index contributed by atoms with van der Waals surface area (Å²) in [4.78, 5) is 15.2. The summed E-state index contributed by atoms with van der Waals surface area (Å²) in [5.41, 5.74) is 2.43. The second-order valence-corrected chi connectivity index (χ2v) is 8.04. The smallest absolute Gasteiger partial charge is 0.261 e. The standard InChI is InChI=1S/C26H30N2O2/c1-2-25(30-24-13-12-22-10-3-4-11-23(22)17-24)26(29)27-18-20-8-7-9-21(16-20)19-28-14-5-6-15-28/h3-4,7-13,16-17,25H,2,5-6,14-15,18-19H2,1H3,(H,27,29). The van der Waals surface area contributed by atoms with Crippen LogP contribution in [0, 0.1) is 0 Å². The summed E-state index contributed by atoms with van der Waals surface area (Å²) in [6, 6.07) is 22.6. The van der Waals surface area contributed by atoms with Crippen molar-refractivity contribution >= 4 is 16.7 Å². The van der Waals surface area contributed by atoms with Crippen LogP contribution in [-0.2, 0) is 17.9 Å². The summed E-state index contributed by atoms with van der Waals surface area (Å²) >= 11 is 0. The molecule has 0 bridgehead atoms. The number of carbonyl (C=O) groups excluding carboxylic acids is 1. The van der Waals surface area contributed by atoms with Crippen LogP contribution in [0.3, 0.4) is 0 Å². The van der Waals surface area contributed by atoms with E-state index in [4.69, 9.17) is 4.74 Å². The van der Waals surface area contributed by atoms with Crippen LogP contribution < -0.4 is 10.1 Å². The van der Waals surface area contributed by atoms with Gasteiger partial charge in [-0.3, -0.25) is 9.69 Å². The van der Waals surface area contributed by atoms with Gasteiger partial charge in [0.05, 0.1) is 0 Å². The summed E-state index contributed by atoms with van der Waals surface area (Å²) in [6.45, 7) is 5.85. The molecular weight excluding hydrogens is 372 g/mol. The van der Waals surface area contributed by atoms with Crippen molar-refractivity contribution in [3.8, 4) is 5.75 Å². The maximum atomic E-state index is 12.7. The topological polar surface area (TPSA) is 41.6 Å². The second-order valence-electron chi connectivity index (χ2n) is 8.04. The first-order valence-electron chi connectivity index (χ1n) is 10.9. The highest BCUT2D eigenvalue weighted by molar-refractivity contribution is 5.84. The lowest BCUT2D eigenvalue weighted by molar-refractivity contribution is -0.128. The Hall–Kier alpha value is -2.85. The third kappa shape index (κ3) is 5.19. The zero-order chi connectivity index (χ0) is 20.8. The average Bonchev–Trinajstić information content (AvgIpc) is 3.29. The van der Waals surface area contributed by atoms with Crippen molar-refractivity contribution in [1.82, 2.24) is 10.2 Å². The molecule has 1 amide bonds. The fourth-order valence-electron chi connectivity index (χ4n) is 4.07. The van der Waals surface area contributed by atoms with E-state index in [0.717, 1.165) is 28.6 Å². The Kier molecular flexibility index (Phi) is 6.65. The molecule has 0 spiro atoms. The van der Waals surface area contributed by atoms with E-state index in [1.54, 1.807) is 0 Å². The molecule has 0 aliphatic carbocycles. The average molecular weight is 403 g/mol. The highest BCUT2D eigenvalue weighted by atomic mass is 16.5. The van der Waals surface area contributed by atoms with E-state index in [2.05, 4.69) is 46.6 Å². The molecule has 1 N–H and O–H groups in total. The van der Waals surface area contributed by atoms with Crippen molar-refractivity contribution in [2.75, 3.05) is 13.1 Å². The Bertz CT molecular complexity index is 995. The summed E-state index contributed by atoms with van der Waals surface area (Å²) < 4.78 is 6.02. The lowest BCUT2D eigenvalue weighted by Gasteiger charge is -2.18. The quantitative estimate of drug-likeness (QED) is 0.582. The SMILES string of the molecule is CCC(Oc1ccc2ccccc2c1)C(=O)NCc1cccc(CN2CCCC2)c1. The van der Waals surface area contributed by atoms with Gasteiger partial charge in [-0.05, 0) is 66.4 Å². The van der Waals surface area contributed by atoms with Gasteiger partial charge in [-0.15, -0.1) is 0 Å². The molecule has 1 atom stereocenters. The maximum Gasteiger partial charge on any atom is 0.261 e. The number of hydrogen-bond donors (Lipinski definition) is 1. The monoisotopic (exact) mass is 402 g/mol. The molecular formula is C26H30N2O2. The third-order valence-corrected chi connectivity index (χ3v) is 5.73. The van der Waals surface area contributed by atoms with Gasteiger partial charge in [-0.2, -0.15) is 0 Å². The van der Waals surface area contributed by atoms with Crippen LogP contribution in [0.4, 0.5) is 0 Å². The molecule has 30 heavy (non-hydrogen) atoms. The normalized spacial score (nSPS) is 15.2. The Morgan fingerprint density at radius 1 is 0.967 bits per heavy atom. The number of likely N-dealkylation sites (tertiary alicyclic amines) is 1. The minimum absolute atomic E-state index is 0.0735. The van der Waals surface area contributed by atoms with Crippen LogP contribution in [0.25, 0.3) is 10.8 Å². The van der Waals surface area contributed by atoms with Crippen LogP contribution >= 0.6 is 0 Å². The Morgan fingerprint density at radius 2 is 1.73 bits per heavy atom. The number of nitrogens with one attached hydrogen (secondary N) is 1. The van der Waals surface area contributed by atoms with E-state index in [1.165, 1.54) is 31.5 Å². The van der Waals surface area contributed by atoms with E-state index in [0.29, 0.717) is 13.0 Å². The van der Waals surface area contributed by atoms with Gasteiger partial charge in [0, 0.05) is 13.1 Å². The van der Waals surface area contributed by atoms with E-state index in [1.807, 2.05) is 37.3 Å². The van der Waals surface area contributed by atoms with Crippen LogP contribution in [0.1, 0.15) is 37.3 Å². The fourth-order valence-corrected chi connectivity index (χ4v) is 4.07. The van der Waals surface area contributed by atoms with Gasteiger partial charge in [0.1, 0.15) is 5.75 Å². The number of ether oxygens (including phenoxy) is 1. The molecule has 1 unspecified atom stereocenters. The second kappa shape index (κ2) is 9.77. The van der Waals surface area contributed by atoms with E-state index in [9.17, 15) is 4.79 Å². The lowest BCUT2D eigenvalue weighted by atomic mass is 10.1. The van der Waals surface area contributed by atoms with Gasteiger partial charge in [0.15, 0.2) is 6.10 Å². The summed E-state index contributed by atoms with van der Waals surface area (Å²) in [5.74, 6) is 0.652. The summed E-state index contributed by atoms with van der Waals surface area (Å²) in [7, 11) is 0. The van der Waals surface area contributed by atoms with Gasteiger partial charge in [0.2, 0.25) is 0 Å². The minimum Gasteiger partial charge on any atom is -0.481 e. The predicted octanol–water partition coefficient (Wildman–Crippen LogP) is 4.91. The largest absolute Gasteiger partial charge is 0.481 e. The molecule has 3 aromatic carbocycles. The minimum atomic E-state index is -0.501. The Morgan fingerprint density at radius 3 is 2.53 bits per heavy atom. The first-order chi connectivity index (χ1) is 14.7. The molecule has 1 saturated heterocycles. The van der Waals surface area contributed by atoms with Crippen molar-refractivity contribution in [3.05, 3.63) is 77.9 Å². The van der Waals surface area contributed by atoms with Gasteiger partial charge >= 0.3 is 0 Å². The predicted molar refractivity (Wildman–Crippen MR) is 121 cm³/mol. The molecule has 4 rings (SSSR count). The number of carbonyl (C=O) groups is 1. The lowest BCUT2D eigenvalue weighted by Crippen LogP contribution is -2.37. The zero-order valence-corrected chi connectivity index (χ0v) is 17.6. The molecule has 1 aliphatic heterocycles. The molecule has 1 aliphatic rings. The van der Waals surface area contributed by atoms with Crippen LogP contribution in [0.15, 0.2) is 66.7 Å². The van der Waals surface area contributed by atoms with Crippen molar-refractivity contribution in [2.45, 2.75) is 45.4 Å². The first-order valence-corrected chi connectivity index (χ1v) is 10.9. The number of rotatable bonds is 8. The Labute approximate surface area is 178 Å². The van der Waals surface area contributed by atoms with Crippen LogP contribution in [0.2, 0.25) is 0 Å². The Balaban J connectivity index is 1.34. The molecule has 1 fully saturated rings. The van der Waals surface area contributed by atoms with Gasteiger partial charge < -0.3 is 10.1 Å². The van der Waals surface area contributed by atoms with Gasteiger partial charge in [0.25, 0.3) is 5.91 Å². The zero-order valence-electron chi connectivity index (χ0n) is 17.6. The third-order valence-electron chi connectivity index (χ3n) is 5.73. The van der Waals surface area contributed by atoms with Gasteiger partial charge in [-0.25, -0.2) is 0 Å². The molecule has 0 radical (unpaired) electrons. The molecule has 1 heterocycles. The number of amides is 1. The fraction of sp³-hybridized carbons (Fsp3) is 0.346. The number of fused-ring (bicyclic) bond motifs is 1. The van der Waals surface area contributed by atoms with Crippen molar-refractivity contribution in [2.24, 2.45) is 0 Å². The van der Waals surface area contributed by atoms with Gasteiger partial charge in [-0.1, -0.05) is 61.5 Å². The maximum absolute atomic E-state index is 12.7. The van der Waals surface area contributed by atoms with E-state index < -0.39 is 6.10 Å². The summed E-state index contributed by atoms with van der Waals surface area (Å²) in [5, 5.41) is 5.32. The molecule has 156 valence electrons. The van der Waals surface area contributed by atoms with Crippen molar-refractivity contribution in [3.63, 3.8) is 0 Å². The van der Waals surface area contributed by atoms with Crippen LogP contribution in [0.5, 0.6) is 5.75 Å². The first kappa shape index (κ1) is 20.4. The highest BCUT2D eigenvalue weighted by Crippen LogP contribution is 2.22. The molecule has 0 saturated carbocycles. The number of hydrogen-bond acceptors (Lipinski definition) is 3. The highest BCUT2D eigenvalue weighted by Gasteiger charge is 2.18. The van der Waals surface area contributed by atoms with Crippen LogP contribution in [-0.4, -0.2) is 30.0 Å². The summed E-state index contributed by atoms with van der Waals surface area (Å²) in [6.07, 6.45) is 2.71. The van der Waals surface area contributed by atoms with E-state index in [-0.39, 0.29) is 5.91 Å². The molecule has 3 aromatic rings. The number of benzene rings is 3.